The van der Waals surface area contributed by atoms with Gasteiger partial charge in [-0.15, -0.1) is 0 Å². The number of hydrogen-bond donors (Lipinski definition) is 1. The Kier molecular flexibility index (Phi) is 3.13. The van der Waals surface area contributed by atoms with Gasteiger partial charge in [0, 0.05) is 12.1 Å². The Morgan fingerprint density at radius 3 is 2.07 bits per heavy atom. The average Bonchev–Trinajstić information content (AvgIpc) is 2.09. The van der Waals surface area contributed by atoms with Crippen molar-refractivity contribution in [2.45, 2.75) is 0 Å². The van der Waals surface area contributed by atoms with Gasteiger partial charge in [0.25, 0.3) is 0 Å². The molecule has 4 nitrogen and oxygen atoms in total. The van der Waals surface area contributed by atoms with E-state index in [1.165, 1.54) is 7.11 Å². The van der Waals surface area contributed by atoms with E-state index in [1.807, 2.05) is 0 Å². The highest BCUT2D eigenvalue weighted by molar-refractivity contribution is 7.92. The van der Waals surface area contributed by atoms with Gasteiger partial charge in [0.05, 0.1) is 13.4 Å². The molecule has 7 heteroatoms. The summed E-state index contributed by atoms with van der Waals surface area (Å²) in [6.07, 6.45) is 0.802. The van der Waals surface area contributed by atoms with Crippen molar-refractivity contribution >= 4 is 15.7 Å². The van der Waals surface area contributed by atoms with E-state index in [9.17, 15) is 17.2 Å². The molecule has 0 amide bonds. The average molecular weight is 237 g/mol. The summed E-state index contributed by atoms with van der Waals surface area (Å²) < 4.78 is 54.3. The van der Waals surface area contributed by atoms with Crippen LogP contribution in [-0.4, -0.2) is 21.8 Å². The highest BCUT2D eigenvalue weighted by atomic mass is 32.2. The molecule has 1 rings (SSSR count). The fourth-order valence-corrected chi connectivity index (χ4v) is 1.52. The van der Waals surface area contributed by atoms with E-state index < -0.39 is 27.3 Å². The van der Waals surface area contributed by atoms with Crippen LogP contribution >= 0.6 is 0 Å². The van der Waals surface area contributed by atoms with E-state index in [0.717, 1.165) is 18.4 Å². The summed E-state index contributed by atoms with van der Waals surface area (Å²) in [5.41, 5.74) is -0.710. The van der Waals surface area contributed by atoms with Crippen molar-refractivity contribution in [3.05, 3.63) is 23.8 Å². The van der Waals surface area contributed by atoms with Crippen molar-refractivity contribution in [1.82, 2.24) is 0 Å². The van der Waals surface area contributed by atoms with Crippen LogP contribution in [0.2, 0.25) is 0 Å². The second-order valence-corrected chi connectivity index (χ2v) is 4.59. The number of hydrogen-bond acceptors (Lipinski definition) is 3. The third-order valence-corrected chi connectivity index (χ3v) is 2.11. The van der Waals surface area contributed by atoms with E-state index in [2.05, 4.69) is 4.74 Å². The van der Waals surface area contributed by atoms with Crippen LogP contribution in [0.25, 0.3) is 0 Å². The van der Waals surface area contributed by atoms with Crippen LogP contribution < -0.4 is 9.46 Å². The molecule has 15 heavy (non-hydrogen) atoms. The van der Waals surface area contributed by atoms with E-state index in [-0.39, 0.29) is 5.75 Å². The third kappa shape index (κ3) is 3.05. The van der Waals surface area contributed by atoms with Crippen molar-refractivity contribution in [2.24, 2.45) is 0 Å². The number of nitrogens with one attached hydrogen (secondary N) is 1. The van der Waals surface area contributed by atoms with Gasteiger partial charge in [-0.2, -0.15) is 0 Å². The second kappa shape index (κ2) is 4.01. The fraction of sp³-hybridized carbons (Fsp3) is 0.250. The van der Waals surface area contributed by atoms with Crippen molar-refractivity contribution < 1.29 is 21.9 Å². The van der Waals surface area contributed by atoms with Gasteiger partial charge in [0.1, 0.15) is 11.4 Å². The molecule has 0 atom stereocenters. The Labute approximate surface area is 85.9 Å². The minimum absolute atomic E-state index is 0.0240. The van der Waals surface area contributed by atoms with E-state index in [1.54, 1.807) is 4.72 Å². The SMILES string of the molecule is COc1cc(F)c(NS(C)(=O)=O)c(F)c1. The minimum atomic E-state index is -3.71. The van der Waals surface area contributed by atoms with Gasteiger partial charge in [-0.25, -0.2) is 17.2 Å². The van der Waals surface area contributed by atoms with Crippen LogP contribution in [0.1, 0.15) is 0 Å². The zero-order valence-corrected chi connectivity index (χ0v) is 8.86. The minimum Gasteiger partial charge on any atom is -0.497 e. The van der Waals surface area contributed by atoms with Crippen molar-refractivity contribution in [3.63, 3.8) is 0 Å². The highest BCUT2D eigenvalue weighted by Gasteiger charge is 2.14. The molecule has 0 heterocycles. The van der Waals surface area contributed by atoms with Crippen LogP contribution in [0, 0.1) is 11.6 Å². The molecule has 0 bridgehead atoms. The molecule has 84 valence electrons. The largest absolute Gasteiger partial charge is 0.497 e. The lowest BCUT2D eigenvalue weighted by atomic mass is 10.3. The summed E-state index contributed by atoms with van der Waals surface area (Å²) in [6, 6.07) is 1.77. The summed E-state index contributed by atoms with van der Waals surface area (Å²) in [7, 11) is -2.46. The number of sulfonamides is 1. The van der Waals surface area contributed by atoms with E-state index in [4.69, 9.17) is 0 Å². The summed E-state index contributed by atoms with van der Waals surface area (Å²) in [5, 5.41) is 0. The molecule has 1 aromatic rings. The van der Waals surface area contributed by atoms with Crippen LogP contribution in [0.3, 0.4) is 0 Å². The first-order valence-corrected chi connectivity index (χ1v) is 5.73. The number of anilines is 1. The molecule has 1 N–H and O–H groups in total. The summed E-state index contributed by atoms with van der Waals surface area (Å²) >= 11 is 0. The number of halogens is 2. The maximum absolute atomic E-state index is 13.2. The Morgan fingerprint density at radius 1 is 1.27 bits per heavy atom. The smallest absolute Gasteiger partial charge is 0.230 e. The molecule has 0 aliphatic rings. The molecule has 0 radical (unpaired) electrons. The van der Waals surface area contributed by atoms with Crippen molar-refractivity contribution in [2.75, 3.05) is 18.1 Å². The highest BCUT2D eigenvalue weighted by Crippen LogP contribution is 2.25. The van der Waals surface area contributed by atoms with Crippen molar-refractivity contribution in [1.29, 1.82) is 0 Å². The molecule has 0 unspecified atom stereocenters. The summed E-state index contributed by atoms with van der Waals surface area (Å²) in [4.78, 5) is 0. The molecular formula is C8H9F2NO3S. The van der Waals surface area contributed by atoms with Gasteiger partial charge in [0.15, 0.2) is 11.6 Å². The molecule has 0 saturated carbocycles. The Balaban J connectivity index is 3.20. The number of rotatable bonds is 3. The predicted octanol–water partition coefficient (Wildman–Crippen LogP) is 1.34. The zero-order valence-electron chi connectivity index (χ0n) is 8.04. The molecule has 0 spiro atoms. The topological polar surface area (TPSA) is 55.4 Å². The van der Waals surface area contributed by atoms with Gasteiger partial charge in [0.2, 0.25) is 10.0 Å². The maximum Gasteiger partial charge on any atom is 0.230 e. The van der Waals surface area contributed by atoms with Crippen LogP contribution in [0.4, 0.5) is 14.5 Å². The third-order valence-electron chi connectivity index (χ3n) is 1.54. The molecular weight excluding hydrogens is 228 g/mol. The maximum atomic E-state index is 13.2. The first-order valence-electron chi connectivity index (χ1n) is 3.84. The Bertz CT molecular complexity index is 450. The van der Waals surface area contributed by atoms with E-state index in [0.29, 0.717) is 0 Å². The lowest BCUT2D eigenvalue weighted by Gasteiger charge is -2.08. The predicted molar refractivity (Wildman–Crippen MR) is 51.4 cm³/mol. The normalized spacial score (nSPS) is 11.2. The lowest BCUT2D eigenvalue weighted by molar-refractivity contribution is 0.407. The molecule has 0 saturated heterocycles. The number of methoxy groups -OCH3 is 1. The summed E-state index contributed by atoms with van der Waals surface area (Å²) in [5.74, 6) is -2.08. The molecule has 0 aliphatic carbocycles. The van der Waals surface area contributed by atoms with Gasteiger partial charge in [-0.05, 0) is 0 Å². The zero-order chi connectivity index (χ0) is 11.6. The van der Waals surface area contributed by atoms with Crippen LogP contribution in [0.5, 0.6) is 5.75 Å². The first-order chi connectivity index (χ1) is 6.83. The quantitative estimate of drug-likeness (QED) is 0.863. The van der Waals surface area contributed by atoms with Gasteiger partial charge < -0.3 is 4.74 Å². The number of benzene rings is 1. The number of ether oxygens (including phenoxy) is 1. The van der Waals surface area contributed by atoms with E-state index >= 15 is 0 Å². The molecule has 0 fully saturated rings. The van der Waals surface area contributed by atoms with Gasteiger partial charge in [-0.3, -0.25) is 4.72 Å². The van der Waals surface area contributed by atoms with Gasteiger partial charge >= 0.3 is 0 Å². The molecule has 0 aromatic heterocycles. The van der Waals surface area contributed by atoms with Crippen LogP contribution in [-0.2, 0) is 10.0 Å². The monoisotopic (exact) mass is 237 g/mol. The Hall–Kier alpha value is -1.37. The van der Waals surface area contributed by atoms with Crippen LogP contribution in [0.15, 0.2) is 12.1 Å². The molecule has 0 aliphatic heterocycles. The molecule has 1 aromatic carbocycles. The summed E-state index contributed by atoms with van der Waals surface area (Å²) in [6.45, 7) is 0. The first kappa shape index (κ1) is 11.7. The lowest BCUT2D eigenvalue weighted by Crippen LogP contribution is -2.12. The standard InChI is InChI=1S/C8H9F2NO3S/c1-14-5-3-6(9)8(7(10)4-5)11-15(2,12)13/h3-4,11H,1-2H3. The Morgan fingerprint density at radius 2 is 1.73 bits per heavy atom. The second-order valence-electron chi connectivity index (χ2n) is 2.84. The van der Waals surface area contributed by atoms with Crippen molar-refractivity contribution in [3.8, 4) is 5.75 Å². The fourth-order valence-electron chi connectivity index (χ4n) is 0.951. The van der Waals surface area contributed by atoms with Gasteiger partial charge in [-0.1, -0.05) is 0 Å².